The van der Waals surface area contributed by atoms with Crippen LogP contribution in [-0.4, -0.2) is 19.7 Å². The van der Waals surface area contributed by atoms with Crippen molar-refractivity contribution in [2.75, 3.05) is 12.0 Å². The van der Waals surface area contributed by atoms with Gasteiger partial charge in [-0.1, -0.05) is 11.8 Å². The van der Waals surface area contributed by atoms with E-state index in [2.05, 4.69) is 4.98 Å². The molecule has 0 aliphatic rings. The lowest BCUT2D eigenvalue weighted by atomic mass is 10.4. The lowest BCUT2D eigenvalue weighted by Crippen LogP contribution is -1.96. The lowest BCUT2D eigenvalue weighted by Gasteiger charge is -2.02. The maximum absolute atomic E-state index is 11.3. The summed E-state index contributed by atoms with van der Waals surface area (Å²) in [6.45, 7) is 0. The van der Waals surface area contributed by atoms with Gasteiger partial charge in [0.1, 0.15) is 5.03 Å². The summed E-state index contributed by atoms with van der Waals surface area (Å²) in [4.78, 5) is 5.41. The highest BCUT2D eigenvalue weighted by Gasteiger charge is 2.06. The Bertz CT molecular complexity index is 635. The maximum atomic E-state index is 11.3. The molecule has 0 spiro atoms. The Morgan fingerprint density at radius 1 is 1.11 bits per heavy atom. The number of nitrogens with two attached hydrogens (primary N) is 1. The third-order valence-electron chi connectivity index (χ3n) is 2.23. The van der Waals surface area contributed by atoms with Gasteiger partial charge in [0.2, 0.25) is 0 Å². The summed E-state index contributed by atoms with van der Waals surface area (Å²) in [7, 11) is -3.14. The number of rotatable bonds is 3. The average Bonchev–Trinajstić information content (AvgIpc) is 2.32. The van der Waals surface area contributed by atoms with Crippen LogP contribution in [0.25, 0.3) is 0 Å². The molecule has 1 aromatic carbocycles. The number of anilines is 1. The van der Waals surface area contributed by atoms with E-state index in [1.165, 1.54) is 18.0 Å². The number of benzene rings is 1. The molecule has 2 rings (SSSR count). The van der Waals surface area contributed by atoms with Gasteiger partial charge in [-0.2, -0.15) is 0 Å². The van der Waals surface area contributed by atoms with Crippen LogP contribution in [-0.2, 0) is 9.84 Å². The van der Waals surface area contributed by atoms with Crippen LogP contribution >= 0.6 is 11.8 Å². The zero-order valence-corrected chi connectivity index (χ0v) is 11.3. The molecule has 0 bridgehead atoms. The Balaban J connectivity index is 2.18. The highest BCUT2D eigenvalue weighted by atomic mass is 32.2. The molecule has 0 amide bonds. The predicted molar refractivity (Wildman–Crippen MR) is 72.3 cm³/mol. The molecule has 0 saturated heterocycles. The monoisotopic (exact) mass is 280 g/mol. The minimum atomic E-state index is -3.14. The second kappa shape index (κ2) is 4.99. The van der Waals surface area contributed by atoms with Crippen LogP contribution in [0, 0.1) is 0 Å². The number of sulfone groups is 1. The molecule has 2 aromatic rings. The standard InChI is InChI=1S/C12H12N2O2S2/c1-18(15,16)11-5-3-10(4-6-11)17-12-7-2-9(13)8-14-12/h2-8H,13H2,1H3. The predicted octanol–water partition coefficient (Wildman–Crippen LogP) is 2.22. The van der Waals surface area contributed by atoms with E-state index in [0.29, 0.717) is 10.6 Å². The Hall–Kier alpha value is -1.53. The zero-order valence-electron chi connectivity index (χ0n) is 9.70. The number of pyridine rings is 1. The first-order chi connectivity index (χ1) is 8.45. The molecular weight excluding hydrogens is 268 g/mol. The maximum Gasteiger partial charge on any atom is 0.175 e. The average molecular weight is 280 g/mol. The summed E-state index contributed by atoms with van der Waals surface area (Å²) in [5, 5.41) is 0.816. The second-order valence-electron chi connectivity index (χ2n) is 3.78. The Morgan fingerprint density at radius 2 is 1.78 bits per heavy atom. The Labute approximate surface area is 110 Å². The van der Waals surface area contributed by atoms with Gasteiger partial charge in [0.05, 0.1) is 16.8 Å². The Morgan fingerprint density at radius 3 is 2.28 bits per heavy atom. The van der Waals surface area contributed by atoms with Crippen molar-refractivity contribution in [3.63, 3.8) is 0 Å². The molecule has 0 aliphatic carbocycles. The largest absolute Gasteiger partial charge is 0.397 e. The van der Waals surface area contributed by atoms with Crippen molar-refractivity contribution >= 4 is 27.3 Å². The van der Waals surface area contributed by atoms with Gasteiger partial charge in [-0.15, -0.1) is 0 Å². The third-order valence-corrected chi connectivity index (χ3v) is 4.32. The van der Waals surface area contributed by atoms with Gasteiger partial charge >= 0.3 is 0 Å². The van der Waals surface area contributed by atoms with Crippen molar-refractivity contribution in [2.45, 2.75) is 14.8 Å². The van der Waals surface area contributed by atoms with E-state index in [0.717, 1.165) is 9.92 Å². The summed E-state index contributed by atoms with van der Waals surface area (Å²) in [6, 6.07) is 10.3. The highest BCUT2D eigenvalue weighted by Crippen LogP contribution is 2.27. The van der Waals surface area contributed by atoms with Gasteiger partial charge in [-0.25, -0.2) is 13.4 Å². The summed E-state index contributed by atoms with van der Waals surface area (Å²) < 4.78 is 22.6. The highest BCUT2D eigenvalue weighted by molar-refractivity contribution is 7.99. The number of hydrogen-bond acceptors (Lipinski definition) is 5. The van der Waals surface area contributed by atoms with Gasteiger partial charge < -0.3 is 5.73 Å². The first-order valence-electron chi connectivity index (χ1n) is 5.15. The molecule has 18 heavy (non-hydrogen) atoms. The van der Waals surface area contributed by atoms with Crippen molar-refractivity contribution in [2.24, 2.45) is 0 Å². The summed E-state index contributed by atoms with van der Waals surface area (Å²) in [6.07, 6.45) is 2.78. The first kappa shape index (κ1) is 12.9. The van der Waals surface area contributed by atoms with E-state index < -0.39 is 9.84 Å². The van der Waals surface area contributed by atoms with Crippen molar-refractivity contribution in [1.82, 2.24) is 4.98 Å². The fraction of sp³-hybridized carbons (Fsp3) is 0.0833. The molecule has 94 valence electrons. The molecule has 0 radical (unpaired) electrons. The van der Waals surface area contributed by atoms with E-state index in [1.54, 1.807) is 36.5 Å². The molecule has 0 atom stereocenters. The minimum absolute atomic E-state index is 0.317. The lowest BCUT2D eigenvalue weighted by molar-refractivity contribution is 0.602. The van der Waals surface area contributed by atoms with E-state index in [9.17, 15) is 8.42 Å². The molecule has 0 aliphatic heterocycles. The molecule has 4 nitrogen and oxygen atoms in total. The summed E-state index contributed by atoms with van der Waals surface area (Å²) in [5.41, 5.74) is 6.17. The topological polar surface area (TPSA) is 73.0 Å². The quantitative estimate of drug-likeness (QED) is 0.933. The zero-order chi connectivity index (χ0) is 13.2. The van der Waals surface area contributed by atoms with Crippen LogP contribution in [0.4, 0.5) is 5.69 Å². The van der Waals surface area contributed by atoms with Gasteiger partial charge in [0, 0.05) is 11.2 Å². The van der Waals surface area contributed by atoms with Crippen LogP contribution < -0.4 is 5.73 Å². The van der Waals surface area contributed by atoms with Crippen LogP contribution in [0.1, 0.15) is 0 Å². The fourth-order valence-corrected chi connectivity index (χ4v) is 2.71. The van der Waals surface area contributed by atoms with Crippen LogP contribution in [0.15, 0.2) is 57.4 Å². The Kier molecular flexibility index (Phi) is 3.58. The van der Waals surface area contributed by atoms with Gasteiger partial charge in [-0.3, -0.25) is 0 Å². The van der Waals surface area contributed by atoms with E-state index in [1.807, 2.05) is 6.07 Å². The SMILES string of the molecule is CS(=O)(=O)c1ccc(Sc2ccc(N)cn2)cc1. The smallest absolute Gasteiger partial charge is 0.175 e. The molecule has 1 aromatic heterocycles. The van der Waals surface area contributed by atoms with Crippen molar-refractivity contribution in [3.05, 3.63) is 42.6 Å². The van der Waals surface area contributed by atoms with Gasteiger partial charge in [0.25, 0.3) is 0 Å². The van der Waals surface area contributed by atoms with Crippen molar-refractivity contribution in [1.29, 1.82) is 0 Å². The molecule has 0 fully saturated rings. The second-order valence-corrected chi connectivity index (χ2v) is 6.88. The van der Waals surface area contributed by atoms with E-state index in [-0.39, 0.29) is 0 Å². The molecule has 1 heterocycles. The molecule has 0 unspecified atom stereocenters. The van der Waals surface area contributed by atoms with Gasteiger partial charge in [0.15, 0.2) is 9.84 Å². The van der Waals surface area contributed by atoms with Crippen LogP contribution in [0.2, 0.25) is 0 Å². The molecule has 6 heteroatoms. The summed E-state index contributed by atoms with van der Waals surface area (Å²) in [5.74, 6) is 0. The normalized spacial score (nSPS) is 11.4. The first-order valence-corrected chi connectivity index (χ1v) is 7.85. The fourth-order valence-electron chi connectivity index (χ4n) is 1.33. The van der Waals surface area contributed by atoms with Crippen LogP contribution in [0.5, 0.6) is 0 Å². The van der Waals surface area contributed by atoms with Crippen molar-refractivity contribution in [3.8, 4) is 0 Å². The van der Waals surface area contributed by atoms with E-state index in [4.69, 9.17) is 5.73 Å². The molecule has 0 saturated carbocycles. The molecular formula is C12H12N2O2S2. The number of hydrogen-bond donors (Lipinski definition) is 1. The van der Waals surface area contributed by atoms with E-state index >= 15 is 0 Å². The van der Waals surface area contributed by atoms with Gasteiger partial charge in [-0.05, 0) is 36.4 Å². The number of aromatic nitrogens is 1. The number of nitrogens with zero attached hydrogens (tertiary/aromatic N) is 1. The third kappa shape index (κ3) is 3.24. The number of nitrogen functional groups attached to an aromatic ring is 1. The summed E-state index contributed by atoms with van der Waals surface area (Å²) >= 11 is 1.45. The molecule has 2 N–H and O–H groups in total. The minimum Gasteiger partial charge on any atom is -0.397 e. The van der Waals surface area contributed by atoms with Crippen LogP contribution in [0.3, 0.4) is 0 Å². The van der Waals surface area contributed by atoms with Crippen molar-refractivity contribution < 1.29 is 8.42 Å².